The van der Waals surface area contributed by atoms with Gasteiger partial charge in [-0.3, -0.25) is 9.48 Å². The number of amides is 1. The van der Waals surface area contributed by atoms with E-state index in [0.29, 0.717) is 24.2 Å². The van der Waals surface area contributed by atoms with Crippen LogP contribution >= 0.6 is 0 Å². The number of nitriles is 1. The fourth-order valence-corrected chi connectivity index (χ4v) is 4.47. The predicted octanol–water partition coefficient (Wildman–Crippen LogP) is 3.14. The van der Waals surface area contributed by atoms with Crippen LogP contribution in [-0.4, -0.2) is 38.4 Å². The number of nitrogens with zero attached hydrogens (tertiary/aromatic N) is 6. The first-order chi connectivity index (χ1) is 15.8. The molecule has 2 N–H and O–H groups in total. The molecule has 0 spiro atoms. The van der Waals surface area contributed by atoms with Crippen LogP contribution in [0, 0.1) is 16.7 Å². The average molecular weight is 438 g/mol. The van der Waals surface area contributed by atoms with Gasteiger partial charge in [-0.15, -0.1) is 0 Å². The number of aryl methyl sites for hydroxylation is 1. The molecule has 1 amide bonds. The minimum atomic E-state index is -0.445. The van der Waals surface area contributed by atoms with Crippen LogP contribution in [-0.2, 0) is 11.8 Å². The number of hydrogen-bond donors (Lipinski definition) is 1. The number of carbonyl (C=O) groups excluding carboxylic acids is 1. The number of nitrogens with two attached hydrogens (primary N) is 1. The quantitative estimate of drug-likeness (QED) is 0.483. The van der Waals surface area contributed by atoms with E-state index in [0.717, 1.165) is 33.5 Å². The third kappa shape index (κ3) is 3.34. The highest BCUT2D eigenvalue weighted by Gasteiger charge is 2.42. The highest BCUT2D eigenvalue weighted by atomic mass is 16.1. The van der Waals surface area contributed by atoms with Gasteiger partial charge in [0.2, 0.25) is 5.91 Å². The number of anilines is 1. The number of aromatic nitrogens is 4. The molecule has 0 aliphatic carbocycles. The molecule has 0 atom stereocenters. The lowest BCUT2D eigenvalue weighted by Gasteiger charge is -2.49. The van der Waals surface area contributed by atoms with Crippen LogP contribution in [0.5, 0.6) is 0 Å². The Hall–Kier alpha value is -4.38. The third-order valence-corrected chi connectivity index (χ3v) is 6.42. The molecule has 1 aromatic carbocycles. The minimum absolute atomic E-state index is 0.298. The number of rotatable bonds is 5. The van der Waals surface area contributed by atoms with Crippen molar-refractivity contribution in [3.63, 3.8) is 0 Å². The van der Waals surface area contributed by atoms with E-state index in [9.17, 15) is 10.1 Å². The van der Waals surface area contributed by atoms with Crippen LogP contribution in [0.1, 0.15) is 12.5 Å². The fourth-order valence-electron chi connectivity index (χ4n) is 4.47. The van der Waals surface area contributed by atoms with Crippen LogP contribution in [0.3, 0.4) is 0 Å². The molecule has 0 bridgehead atoms. The Morgan fingerprint density at radius 2 is 1.85 bits per heavy atom. The number of hydrogen-bond acceptors (Lipinski definition) is 5. The highest BCUT2D eigenvalue weighted by Crippen LogP contribution is 2.40. The molecular formula is C25H23N7O. The largest absolute Gasteiger partial charge is 0.370 e. The standard InChI is InChI=1S/C25H23N7O/c1-16(24(27)33)25(2)14-31(15-25)21-6-4-17(5-7-21)22-8-18(20-11-28-30(3)12-20)13-32-23(22)19(9-26)10-29-32/h4-8,10-13H,1,14-15H2,2-3H3,(H2,27,33). The Morgan fingerprint density at radius 3 is 2.45 bits per heavy atom. The Balaban J connectivity index is 1.51. The van der Waals surface area contributed by atoms with E-state index in [-0.39, 0.29) is 5.41 Å². The molecule has 0 radical (unpaired) electrons. The Labute approximate surface area is 191 Å². The van der Waals surface area contributed by atoms with Crippen molar-refractivity contribution in [3.05, 3.63) is 72.8 Å². The lowest BCUT2D eigenvalue weighted by atomic mass is 9.75. The summed E-state index contributed by atoms with van der Waals surface area (Å²) in [5.41, 5.74) is 11.8. The average Bonchev–Trinajstić information content (AvgIpc) is 3.41. The molecule has 33 heavy (non-hydrogen) atoms. The number of primary amides is 1. The predicted molar refractivity (Wildman–Crippen MR) is 126 cm³/mol. The normalized spacial score (nSPS) is 14.6. The van der Waals surface area contributed by atoms with Gasteiger partial charge in [0, 0.05) is 65.9 Å². The first kappa shape index (κ1) is 20.5. The Morgan fingerprint density at radius 1 is 1.12 bits per heavy atom. The molecule has 1 aliphatic rings. The zero-order chi connectivity index (χ0) is 23.3. The highest BCUT2D eigenvalue weighted by molar-refractivity contribution is 5.93. The maximum absolute atomic E-state index is 11.5. The van der Waals surface area contributed by atoms with E-state index < -0.39 is 5.91 Å². The smallest absolute Gasteiger partial charge is 0.244 e. The van der Waals surface area contributed by atoms with Gasteiger partial charge in [-0.05, 0) is 23.8 Å². The van der Waals surface area contributed by atoms with Gasteiger partial charge >= 0.3 is 0 Å². The summed E-state index contributed by atoms with van der Waals surface area (Å²) in [7, 11) is 1.88. The molecule has 5 rings (SSSR count). The van der Waals surface area contributed by atoms with Crippen molar-refractivity contribution in [2.45, 2.75) is 6.92 Å². The van der Waals surface area contributed by atoms with Gasteiger partial charge in [-0.25, -0.2) is 4.52 Å². The molecule has 1 aliphatic heterocycles. The lowest BCUT2D eigenvalue weighted by molar-refractivity contribution is -0.115. The summed E-state index contributed by atoms with van der Waals surface area (Å²) in [6, 6.07) is 12.5. The molecule has 8 heteroatoms. The van der Waals surface area contributed by atoms with E-state index in [4.69, 9.17) is 5.73 Å². The van der Waals surface area contributed by atoms with Crippen molar-refractivity contribution in [2.75, 3.05) is 18.0 Å². The molecule has 0 saturated carbocycles. The van der Waals surface area contributed by atoms with Gasteiger partial charge in [0.15, 0.2) is 0 Å². The van der Waals surface area contributed by atoms with Crippen LogP contribution < -0.4 is 10.6 Å². The third-order valence-electron chi connectivity index (χ3n) is 6.42. The number of fused-ring (bicyclic) bond motifs is 1. The topological polar surface area (TPSA) is 105 Å². The fraction of sp³-hybridized carbons (Fsp3) is 0.200. The maximum Gasteiger partial charge on any atom is 0.244 e. The molecular weight excluding hydrogens is 414 g/mol. The zero-order valence-corrected chi connectivity index (χ0v) is 18.5. The summed E-state index contributed by atoms with van der Waals surface area (Å²) >= 11 is 0. The molecule has 0 unspecified atom stereocenters. The van der Waals surface area contributed by atoms with Crippen LogP contribution in [0.25, 0.3) is 27.8 Å². The van der Waals surface area contributed by atoms with E-state index in [2.05, 4.69) is 45.9 Å². The monoisotopic (exact) mass is 437 g/mol. The van der Waals surface area contributed by atoms with E-state index >= 15 is 0 Å². The summed E-state index contributed by atoms with van der Waals surface area (Å²) in [4.78, 5) is 13.7. The molecule has 8 nitrogen and oxygen atoms in total. The minimum Gasteiger partial charge on any atom is -0.370 e. The van der Waals surface area contributed by atoms with Gasteiger partial charge in [0.25, 0.3) is 0 Å². The lowest BCUT2D eigenvalue weighted by Crippen LogP contribution is -2.57. The molecule has 1 saturated heterocycles. The van der Waals surface area contributed by atoms with Crippen molar-refractivity contribution < 1.29 is 4.79 Å². The molecule has 4 aromatic rings. The maximum atomic E-state index is 11.5. The first-order valence-electron chi connectivity index (χ1n) is 10.5. The second-order valence-corrected chi connectivity index (χ2v) is 8.81. The van der Waals surface area contributed by atoms with Crippen LogP contribution in [0.4, 0.5) is 5.69 Å². The van der Waals surface area contributed by atoms with Crippen LogP contribution in [0.15, 0.2) is 67.3 Å². The van der Waals surface area contributed by atoms with Crippen molar-refractivity contribution in [3.8, 4) is 28.3 Å². The van der Waals surface area contributed by atoms with Gasteiger partial charge in [-0.2, -0.15) is 15.5 Å². The SMILES string of the molecule is C=C(C(N)=O)C1(C)CN(c2ccc(-c3cc(-c4cnn(C)c4)cn4ncc(C#N)c34)cc2)C1. The summed E-state index contributed by atoms with van der Waals surface area (Å²) in [5, 5.41) is 18.3. The molecule has 4 heterocycles. The van der Waals surface area contributed by atoms with Crippen LogP contribution in [0.2, 0.25) is 0 Å². The van der Waals surface area contributed by atoms with E-state index in [1.165, 1.54) is 0 Å². The first-order valence-corrected chi connectivity index (χ1v) is 10.5. The summed E-state index contributed by atoms with van der Waals surface area (Å²) in [6.07, 6.45) is 7.26. The Bertz CT molecular complexity index is 1450. The summed E-state index contributed by atoms with van der Waals surface area (Å²) < 4.78 is 3.51. The number of carbonyl (C=O) groups is 1. The number of pyridine rings is 1. The molecule has 164 valence electrons. The van der Waals surface area contributed by atoms with Gasteiger partial charge in [0.1, 0.15) is 6.07 Å². The Kier molecular flexibility index (Phi) is 4.57. The summed E-state index contributed by atoms with van der Waals surface area (Å²) in [5.74, 6) is -0.445. The summed E-state index contributed by atoms with van der Waals surface area (Å²) in [6.45, 7) is 7.25. The van der Waals surface area contributed by atoms with Crippen molar-refractivity contribution >= 4 is 17.1 Å². The zero-order valence-electron chi connectivity index (χ0n) is 18.5. The van der Waals surface area contributed by atoms with Gasteiger partial charge in [-0.1, -0.05) is 25.6 Å². The second kappa shape index (κ2) is 7.35. The van der Waals surface area contributed by atoms with E-state index in [1.807, 2.05) is 44.7 Å². The van der Waals surface area contributed by atoms with E-state index in [1.54, 1.807) is 15.4 Å². The van der Waals surface area contributed by atoms with Crippen molar-refractivity contribution in [1.82, 2.24) is 19.4 Å². The van der Waals surface area contributed by atoms with Crippen molar-refractivity contribution in [2.24, 2.45) is 18.2 Å². The molecule has 3 aromatic heterocycles. The molecule has 1 fully saturated rings. The van der Waals surface area contributed by atoms with Crippen molar-refractivity contribution in [1.29, 1.82) is 5.26 Å². The number of benzene rings is 1. The second-order valence-electron chi connectivity index (χ2n) is 8.81. The van der Waals surface area contributed by atoms with Gasteiger partial charge < -0.3 is 10.6 Å². The van der Waals surface area contributed by atoms with Gasteiger partial charge in [0.05, 0.1) is 23.5 Å².